The molecule has 2 aromatic rings. The van der Waals surface area contributed by atoms with E-state index >= 15 is 0 Å². The number of anilines is 1. The summed E-state index contributed by atoms with van der Waals surface area (Å²) in [5.41, 5.74) is 4.93. The molecule has 0 fully saturated rings. The summed E-state index contributed by atoms with van der Waals surface area (Å²) in [4.78, 5) is 7.38. The molecule has 2 rings (SSSR count). The minimum atomic E-state index is -4.80. The number of hydrogen-bond donors (Lipinski definition) is 2. The number of hydrogen-bond acceptors (Lipinski definition) is 4. The fourth-order valence-electron chi connectivity index (χ4n) is 1.96. The van der Waals surface area contributed by atoms with Crippen LogP contribution in [-0.2, 0) is 6.18 Å². The van der Waals surface area contributed by atoms with Crippen molar-refractivity contribution in [1.29, 1.82) is 0 Å². The van der Waals surface area contributed by atoms with Crippen molar-refractivity contribution in [3.05, 3.63) is 48.2 Å². The van der Waals surface area contributed by atoms with Crippen molar-refractivity contribution in [3.63, 3.8) is 0 Å². The number of guanidine groups is 1. The van der Waals surface area contributed by atoms with E-state index in [-0.39, 0.29) is 43.1 Å². The molecule has 0 atom stereocenters. The molecule has 29 heavy (non-hydrogen) atoms. The molecular formula is C16H15F6IN4O2. The van der Waals surface area contributed by atoms with E-state index in [1.54, 1.807) is 0 Å². The highest BCUT2D eigenvalue weighted by molar-refractivity contribution is 14.0. The number of pyridine rings is 1. The molecule has 1 aromatic heterocycles. The molecule has 0 radical (unpaired) electrons. The first-order valence-corrected chi connectivity index (χ1v) is 7.62. The van der Waals surface area contributed by atoms with Crippen LogP contribution in [0.1, 0.15) is 5.56 Å². The van der Waals surface area contributed by atoms with Crippen LogP contribution in [0.25, 0.3) is 0 Å². The lowest BCUT2D eigenvalue weighted by Gasteiger charge is -2.12. The van der Waals surface area contributed by atoms with Gasteiger partial charge in [0, 0.05) is 11.9 Å². The Morgan fingerprint density at radius 1 is 1.07 bits per heavy atom. The van der Waals surface area contributed by atoms with Gasteiger partial charge in [0.05, 0.1) is 6.54 Å². The summed E-state index contributed by atoms with van der Waals surface area (Å²) < 4.78 is 83.3. The van der Waals surface area contributed by atoms with Crippen LogP contribution in [0, 0.1) is 0 Å². The third kappa shape index (κ3) is 8.62. The average molecular weight is 536 g/mol. The average Bonchev–Trinajstić information content (AvgIpc) is 2.59. The molecule has 0 bridgehead atoms. The minimum absolute atomic E-state index is 0. The topological polar surface area (TPSA) is 81.8 Å². The first-order chi connectivity index (χ1) is 13.0. The van der Waals surface area contributed by atoms with E-state index in [1.807, 2.05) is 0 Å². The van der Waals surface area contributed by atoms with Gasteiger partial charge in [-0.05, 0) is 36.4 Å². The molecule has 1 heterocycles. The highest BCUT2D eigenvalue weighted by atomic mass is 127. The number of nitrogens with two attached hydrogens (primary N) is 1. The van der Waals surface area contributed by atoms with Crippen molar-refractivity contribution >= 4 is 35.6 Å². The monoisotopic (exact) mass is 536 g/mol. The summed E-state index contributed by atoms with van der Waals surface area (Å²) in [6.45, 7) is -0.303. The van der Waals surface area contributed by atoms with Gasteiger partial charge >= 0.3 is 12.5 Å². The van der Waals surface area contributed by atoms with E-state index in [2.05, 4.69) is 20.0 Å². The number of rotatable bonds is 6. The fraction of sp³-hybridized carbons (Fsp3) is 0.250. The van der Waals surface area contributed by atoms with Gasteiger partial charge in [0.2, 0.25) is 5.88 Å². The van der Waals surface area contributed by atoms with Crippen LogP contribution >= 0.6 is 24.0 Å². The van der Waals surface area contributed by atoms with Crippen molar-refractivity contribution in [1.82, 2.24) is 4.98 Å². The van der Waals surface area contributed by atoms with E-state index in [9.17, 15) is 26.3 Å². The Labute approximate surface area is 178 Å². The molecule has 0 saturated heterocycles. The predicted octanol–water partition coefficient (Wildman–Crippen LogP) is 4.42. The first-order valence-electron chi connectivity index (χ1n) is 7.62. The van der Waals surface area contributed by atoms with Gasteiger partial charge in [-0.1, -0.05) is 0 Å². The molecule has 0 aliphatic carbocycles. The Bertz CT molecular complexity index is 812. The number of alkyl halides is 6. The molecule has 0 saturated carbocycles. The smallest absolute Gasteiger partial charge is 0.475 e. The van der Waals surface area contributed by atoms with Crippen LogP contribution in [0.3, 0.4) is 0 Å². The molecule has 1 aromatic carbocycles. The lowest BCUT2D eigenvalue weighted by Crippen LogP contribution is -2.23. The van der Waals surface area contributed by atoms with E-state index in [0.717, 1.165) is 30.5 Å². The highest BCUT2D eigenvalue weighted by Crippen LogP contribution is 2.34. The van der Waals surface area contributed by atoms with E-state index < -0.39 is 29.7 Å². The normalized spacial score (nSPS) is 12.1. The van der Waals surface area contributed by atoms with Gasteiger partial charge in [-0.15, -0.1) is 37.1 Å². The van der Waals surface area contributed by atoms with Gasteiger partial charge in [0.25, 0.3) is 0 Å². The van der Waals surface area contributed by atoms with Crippen LogP contribution in [0.15, 0.2) is 47.6 Å². The van der Waals surface area contributed by atoms with Crippen molar-refractivity contribution in [2.24, 2.45) is 10.7 Å². The highest BCUT2D eigenvalue weighted by Gasteiger charge is 2.35. The Hall–Kier alpha value is -2.45. The second-order valence-electron chi connectivity index (χ2n) is 5.17. The zero-order valence-corrected chi connectivity index (χ0v) is 16.8. The van der Waals surface area contributed by atoms with Gasteiger partial charge < -0.3 is 20.5 Å². The quantitative estimate of drug-likeness (QED) is 0.188. The standard InChI is InChI=1S/C16H14F6N4O2.HI/c17-15(18,19)12-2-1-7-24-13(12)27-9-8-25-14(23)26-10-3-5-11(6-4-10)28-16(20,21)22;/h1-7H,8-9H2,(H3,23,25,26);1H. The van der Waals surface area contributed by atoms with Crippen molar-refractivity contribution in [2.45, 2.75) is 12.5 Å². The molecule has 0 unspecified atom stereocenters. The molecule has 0 aliphatic rings. The van der Waals surface area contributed by atoms with Gasteiger partial charge in [0.15, 0.2) is 5.96 Å². The number of nitrogens with one attached hydrogen (secondary N) is 1. The zero-order valence-electron chi connectivity index (χ0n) is 14.4. The van der Waals surface area contributed by atoms with Crippen molar-refractivity contribution < 1.29 is 35.8 Å². The summed E-state index contributed by atoms with van der Waals surface area (Å²) in [6.07, 6.45) is -8.24. The molecule has 3 N–H and O–H groups in total. The second kappa shape index (κ2) is 10.4. The molecule has 13 heteroatoms. The number of aliphatic imine (C=N–C) groups is 1. The van der Waals surface area contributed by atoms with E-state index in [0.29, 0.717) is 5.69 Å². The molecule has 6 nitrogen and oxygen atoms in total. The lowest BCUT2D eigenvalue weighted by molar-refractivity contribution is -0.274. The predicted molar refractivity (Wildman–Crippen MR) is 103 cm³/mol. The Kier molecular flexibility index (Phi) is 8.79. The number of benzene rings is 1. The Morgan fingerprint density at radius 2 is 1.72 bits per heavy atom. The van der Waals surface area contributed by atoms with Crippen LogP contribution < -0.4 is 20.5 Å². The fourth-order valence-corrected chi connectivity index (χ4v) is 1.96. The van der Waals surface area contributed by atoms with E-state index in [4.69, 9.17) is 10.5 Å². The van der Waals surface area contributed by atoms with Crippen LogP contribution in [-0.4, -0.2) is 30.5 Å². The minimum Gasteiger partial charge on any atom is -0.475 e. The lowest BCUT2D eigenvalue weighted by atomic mass is 10.2. The Balaban J connectivity index is 0.00000420. The van der Waals surface area contributed by atoms with E-state index in [1.165, 1.54) is 12.1 Å². The third-order valence-corrected chi connectivity index (χ3v) is 3.05. The number of aromatic nitrogens is 1. The maximum absolute atomic E-state index is 12.8. The molecule has 0 aliphatic heterocycles. The first kappa shape index (κ1) is 24.6. The summed E-state index contributed by atoms with van der Waals surface area (Å²) in [5, 5.41) is 2.61. The largest absolute Gasteiger partial charge is 0.573 e. The summed E-state index contributed by atoms with van der Waals surface area (Å²) in [6, 6.07) is 6.69. The molecule has 0 amide bonds. The van der Waals surface area contributed by atoms with Crippen molar-refractivity contribution in [3.8, 4) is 11.6 Å². The summed E-state index contributed by atoms with van der Waals surface area (Å²) in [5.74, 6) is -1.08. The van der Waals surface area contributed by atoms with Gasteiger partial charge in [0.1, 0.15) is 17.9 Å². The maximum atomic E-state index is 12.8. The summed E-state index contributed by atoms with van der Waals surface area (Å²) in [7, 11) is 0. The van der Waals surface area contributed by atoms with Gasteiger partial charge in [-0.2, -0.15) is 13.2 Å². The number of ether oxygens (including phenoxy) is 2. The SMILES string of the molecule is I.NC(=NCCOc1ncccc1C(F)(F)F)Nc1ccc(OC(F)(F)F)cc1. The summed E-state index contributed by atoms with van der Waals surface area (Å²) >= 11 is 0. The number of halogens is 7. The van der Waals surface area contributed by atoms with Gasteiger partial charge in [-0.25, -0.2) is 9.98 Å². The molecular weight excluding hydrogens is 521 g/mol. The molecule has 160 valence electrons. The Morgan fingerprint density at radius 3 is 2.31 bits per heavy atom. The second-order valence-corrected chi connectivity index (χ2v) is 5.17. The number of nitrogens with zero attached hydrogens (tertiary/aromatic N) is 2. The maximum Gasteiger partial charge on any atom is 0.573 e. The van der Waals surface area contributed by atoms with Gasteiger partial charge in [-0.3, -0.25) is 0 Å². The van der Waals surface area contributed by atoms with Crippen molar-refractivity contribution in [2.75, 3.05) is 18.5 Å². The zero-order chi connectivity index (χ0) is 20.8. The third-order valence-electron chi connectivity index (χ3n) is 3.05. The van der Waals surface area contributed by atoms with Crippen LogP contribution in [0.4, 0.5) is 32.0 Å². The van der Waals surface area contributed by atoms with Crippen LogP contribution in [0.2, 0.25) is 0 Å². The van der Waals surface area contributed by atoms with Crippen LogP contribution in [0.5, 0.6) is 11.6 Å². The molecule has 0 spiro atoms.